The van der Waals surface area contributed by atoms with Crippen LogP contribution in [-0.4, -0.2) is 37.1 Å². The summed E-state index contributed by atoms with van der Waals surface area (Å²) in [6.07, 6.45) is 8.79. The molecule has 2 nitrogen and oxygen atoms in total. The molecule has 0 radical (unpaired) electrons. The summed E-state index contributed by atoms with van der Waals surface area (Å²) in [4.78, 5) is 2.76. The first-order valence-electron chi connectivity index (χ1n) is 7.77. The Balaban J connectivity index is 1.49. The predicted molar refractivity (Wildman–Crippen MR) is 72.1 cm³/mol. The summed E-state index contributed by atoms with van der Waals surface area (Å²) in [5.74, 6) is 2.94. The molecular formula is C15H28N2. The average Bonchev–Trinajstić information content (AvgIpc) is 2.71. The maximum absolute atomic E-state index is 3.72. The molecule has 0 bridgehead atoms. The molecule has 1 N–H and O–H groups in total. The summed E-state index contributed by atoms with van der Waals surface area (Å²) < 4.78 is 0. The van der Waals surface area contributed by atoms with Crippen molar-refractivity contribution in [3.05, 3.63) is 0 Å². The van der Waals surface area contributed by atoms with Crippen LogP contribution in [-0.2, 0) is 0 Å². The van der Waals surface area contributed by atoms with Crippen LogP contribution in [0, 0.1) is 17.8 Å². The van der Waals surface area contributed by atoms with E-state index in [1.165, 1.54) is 64.7 Å². The fourth-order valence-corrected chi connectivity index (χ4v) is 4.38. The van der Waals surface area contributed by atoms with E-state index in [0.29, 0.717) is 0 Å². The van der Waals surface area contributed by atoms with Gasteiger partial charge in [0.2, 0.25) is 0 Å². The van der Waals surface area contributed by atoms with Gasteiger partial charge in [0, 0.05) is 25.7 Å². The highest BCUT2D eigenvalue weighted by atomic mass is 15.2. The van der Waals surface area contributed by atoms with Gasteiger partial charge >= 0.3 is 0 Å². The molecular weight excluding hydrogens is 208 g/mol. The van der Waals surface area contributed by atoms with Gasteiger partial charge in [0.15, 0.2) is 0 Å². The van der Waals surface area contributed by atoms with E-state index < -0.39 is 0 Å². The second kappa shape index (κ2) is 5.27. The lowest BCUT2D eigenvalue weighted by atomic mass is 9.82. The Morgan fingerprint density at radius 2 is 2.06 bits per heavy atom. The quantitative estimate of drug-likeness (QED) is 0.792. The molecule has 2 saturated heterocycles. The van der Waals surface area contributed by atoms with Crippen molar-refractivity contribution in [1.82, 2.24) is 10.2 Å². The van der Waals surface area contributed by atoms with Gasteiger partial charge in [0.25, 0.3) is 0 Å². The number of nitrogens with one attached hydrogen (secondary N) is 1. The Kier molecular flexibility index (Phi) is 3.72. The van der Waals surface area contributed by atoms with Crippen LogP contribution in [0.1, 0.15) is 45.4 Å². The largest absolute Gasteiger partial charge is 0.312 e. The third kappa shape index (κ3) is 2.85. The van der Waals surface area contributed by atoms with Crippen molar-refractivity contribution in [1.29, 1.82) is 0 Å². The van der Waals surface area contributed by atoms with Gasteiger partial charge in [-0.15, -0.1) is 0 Å². The van der Waals surface area contributed by atoms with Crippen LogP contribution in [0.5, 0.6) is 0 Å². The summed E-state index contributed by atoms with van der Waals surface area (Å²) in [7, 11) is 0. The molecule has 3 aliphatic rings. The number of fused-ring (bicyclic) bond motifs is 1. The van der Waals surface area contributed by atoms with Crippen LogP contribution < -0.4 is 5.32 Å². The minimum absolute atomic E-state index is 0.824. The third-order valence-corrected chi connectivity index (χ3v) is 5.24. The number of hydrogen-bond donors (Lipinski definition) is 1. The topological polar surface area (TPSA) is 15.3 Å². The first-order chi connectivity index (χ1) is 8.31. The monoisotopic (exact) mass is 236 g/mol. The van der Waals surface area contributed by atoms with Crippen molar-refractivity contribution in [2.45, 2.75) is 51.5 Å². The zero-order chi connectivity index (χ0) is 11.7. The number of nitrogens with zero attached hydrogens (tertiary/aromatic N) is 1. The first kappa shape index (κ1) is 12.0. The Morgan fingerprint density at radius 1 is 1.12 bits per heavy atom. The minimum atomic E-state index is 0.824. The average molecular weight is 236 g/mol. The van der Waals surface area contributed by atoms with Gasteiger partial charge in [-0.2, -0.15) is 0 Å². The van der Waals surface area contributed by atoms with Gasteiger partial charge in [-0.25, -0.2) is 0 Å². The standard InChI is InChI=1S/C15H28N2/c1-12-4-2-5-13(8-12)9-17-10-14-6-3-7-16-15(14)11-17/h12-16H,2-11H2,1H3. The fraction of sp³-hybridized carbons (Fsp3) is 1.00. The van der Waals surface area contributed by atoms with Crippen LogP contribution >= 0.6 is 0 Å². The highest BCUT2D eigenvalue weighted by molar-refractivity contribution is 4.92. The molecule has 2 aliphatic heterocycles. The van der Waals surface area contributed by atoms with Crippen molar-refractivity contribution in [2.75, 3.05) is 26.2 Å². The molecule has 4 atom stereocenters. The molecule has 3 fully saturated rings. The molecule has 2 heterocycles. The maximum atomic E-state index is 3.72. The van der Waals surface area contributed by atoms with E-state index in [0.717, 1.165) is 23.8 Å². The highest BCUT2D eigenvalue weighted by Crippen LogP contribution is 2.31. The number of likely N-dealkylation sites (tertiary alicyclic amines) is 1. The van der Waals surface area contributed by atoms with Crippen LogP contribution in [0.4, 0.5) is 0 Å². The van der Waals surface area contributed by atoms with Crippen LogP contribution in [0.3, 0.4) is 0 Å². The van der Waals surface area contributed by atoms with E-state index in [2.05, 4.69) is 17.1 Å². The normalized spacial score (nSPS) is 43.6. The Labute approximate surface area is 106 Å². The van der Waals surface area contributed by atoms with Crippen LogP contribution in [0.25, 0.3) is 0 Å². The Morgan fingerprint density at radius 3 is 2.88 bits per heavy atom. The molecule has 4 unspecified atom stereocenters. The van der Waals surface area contributed by atoms with Crippen molar-refractivity contribution in [3.63, 3.8) is 0 Å². The second-order valence-electron chi connectivity index (χ2n) is 6.82. The van der Waals surface area contributed by atoms with E-state index in [9.17, 15) is 0 Å². The van der Waals surface area contributed by atoms with E-state index in [-0.39, 0.29) is 0 Å². The van der Waals surface area contributed by atoms with Gasteiger partial charge in [-0.3, -0.25) is 0 Å². The Hall–Kier alpha value is -0.0800. The molecule has 0 aromatic rings. The lowest BCUT2D eigenvalue weighted by Gasteiger charge is -2.30. The molecule has 1 aliphatic carbocycles. The third-order valence-electron chi connectivity index (χ3n) is 5.24. The molecule has 3 rings (SSSR count). The number of rotatable bonds is 2. The Bertz CT molecular complexity index is 239. The molecule has 0 aromatic carbocycles. The summed E-state index contributed by atoms with van der Waals surface area (Å²) >= 11 is 0. The van der Waals surface area contributed by atoms with Gasteiger partial charge in [0.05, 0.1) is 0 Å². The van der Waals surface area contributed by atoms with E-state index >= 15 is 0 Å². The minimum Gasteiger partial charge on any atom is -0.312 e. The summed E-state index contributed by atoms with van der Waals surface area (Å²) in [6, 6.07) is 0.824. The van der Waals surface area contributed by atoms with Crippen molar-refractivity contribution >= 4 is 0 Å². The van der Waals surface area contributed by atoms with E-state index in [4.69, 9.17) is 0 Å². The van der Waals surface area contributed by atoms with Gasteiger partial charge < -0.3 is 10.2 Å². The van der Waals surface area contributed by atoms with E-state index in [1.807, 2.05) is 0 Å². The second-order valence-corrected chi connectivity index (χ2v) is 6.82. The maximum Gasteiger partial charge on any atom is 0.0235 e. The molecule has 1 saturated carbocycles. The van der Waals surface area contributed by atoms with Gasteiger partial charge in [0.1, 0.15) is 0 Å². The smallest absolute Gasteiger partial charge is 0.0235 e. The van der Waals surface area contributed by atoms with Crippen molar-refractivity contribution in [2.24, 2.45) is 17.8 Å². The molecule has 17 heavy (non-hydrogen) atoms. The summed E-state index contributed by atoms with van der Waals surface area (Å²) in [5, 5.41) is 3.72. The van der Waals surface area contributed by atoms with Gasteiger partial charge in [-0.1, -0.05) is 19.8 Å². The lowest BCUT2D eigenvalue weighted by molar-refractivity contribution is 0.199. The van der Waals surface area contributed by atoms with E-state index in [1.54, 1.807) is 0 Å². The van der Waals surface area contributed by atoms with Crippen molar-refractivity contribution < 1.29 is 0 Å². The molecule has 2 heteroatoms. The SMILES string of the molecule is CC1CCCC(CN2CC3CCCNC3C2)C1. The van der Waals surface area contributed by atoms with Crippen molar-refractivity contribution in [3.8, 4) is 0 Å². The zero-order valence-electron chi connectivity index (χ0n) is 11.3. The molecule has 0 amide bonds. The highest BCUT2D eigenvalue weighted by Gasteiger charge is 2.35. The number of piperidine rings is 1. The number of hydrogen-bond acceptors (Lipinski definition) is 2. The first-order valence-corrected chi connectivity index (χ1v) is 7.77. The zero-order valence-corrected chi connectivity index (χ0v) is 11.3. The predicted octanol–water partition coefficient (Wildman–Crippen LogP) is 2.50. The lowest BCUT2D eigenvalue weighted by Crippen LogP contribution is -2.41. The molecule has 98 valence electrons. The fourth-order valence-electron chi connectivity index (χ4n) is 4.38. The van der Waals surface area contributed by atoms with Crippen LogP contribution in [0.15, 0.2) is 0 Å². The molecule has 0 aromatic heterocycles. The summed E-state index contributed by atoms with van der Waals surface area (Å²) in [5.41, 5.74) is 0. The molecule has 0 spiro atoms. The summed E-state index contributed by atoms with van der Waals surface area (Å²) in [6.45, 7) is 7.80. The van der Waals surface area contributed by atoms with Gasteiger partial charge in [-0.05, 0) is 50.0 Å². The van der Waals surface area contributed by atoms with Crippen LogP contribution in [0.2, 0.25) is 0 Å².